The van der Waals surface area contributed by atoms with Crippen LogP contribution in [-0.2, 0) is 0 Å². The summed E-state index contributed by atoms with van der Waals surface area (Å²) >= 11 is 0. The van der Waals surface area contributed by atoms with Crippen LogP contribution in [0.3, 0.4) is 0 Å². The second-order valence-corrected chi connectivity index (χ2v) is 4.33. The van der Waals surface area contributed by atoms with E-state index in [0.29, 0.717) is 0 Å². The van der Waals surface area contributed by atoms with Crippen LogP contribution in [0.1, 0.15) is 29.8 Å². The summed E-state index contributed by atoms with van der Waals surface area (Å²) in [7, 11) is 0. The molecule has 0 saturated heterocycles. The number of benzene rings is 1. The van der Waals surface area contributed by atoms with E-state index in [1.807, 2.05) is 31.2 Å². The maximum atomic E-state index is 11.8. The van der Waals surface area contributed by atoms with Crippen LogP contribution < -0.4 is 10.2 Å². The van der Waals surface area contributed by atoms with E-state index in [1.165, 1.54) is 10.5 Å². The predicted octanol–water partition coefficient (Wildman–Crippen LogP) is 0.650. The number of amides is 1. The Labute approximate surface area is 104 Å². The molecular weight excluding hydrogens is 212 g/mol. The molecule has 2 N–H and O–H groups in total. The topological polar surface area (TPSA) is 33.5 Å². The van der Waals surface area contributed by atoms with Gasteiger partial charge < -0.3 is 10.2 Å². The van der Waals surface area contributed by atoms with Gasteiger partial charge in [-0.05, 0) is 32.9 Å². The number of hydrogen-bond acceptors (Lipinski definition) is 1. The van der Waals surface area contributed by atoms with Crippen LogP contribution in [0.25, 0.3) is 0 Å². The highest BCUT2D eigenvalue weighted by Crippen LogP contribution is 2.02. The van der Waals surface area contributed by atoms with Gasteiger partial charge in [0.1, 0.15) is 0 Å². The van der Waals surface area contributed by atoms with Crippen molar-refractivity contribution in [1.29, 1.82) is 0 Å². The minimum atomic E-state index is 0.0246. The van der Waals surface area contributed by atoms with Gasteiger partial charge >= 0.3 is 0 Å². The highest BCUT2D eigenvalue weighted by atomic mass is 16.1. The zero-order valence-electron chi connectivity index (χ0n) is 11.0. The number of hydrogen-bond donors (Lipinski definition) is 2. The summed E-state index contributed by atoms with van der Waals surface area (Å²) in [5.41, 5.74) is 1.92. The monoisotopic (exact) mass is 235 g/mol. The average molecular weight is 235 g/mol. The molecule has 1 rings (SSSR count). The van der Waals surface area contributed by atoms with Crippen molar-refractivity contribution in [1.82, 2.24) is 5.32 Å². The third-order valence-corrected chi connectivity index (χ3v) is 3.08. The molecule has 0 fully saturated rings. The molecule has 3 nitrogen and oxygen atoms in total. The van der Waals surface area contributed by atoms with Gasteiger partial charge in [0, 0.05) is 5.56 Å². The van der Waals surface area contributed by atoms with Crippen molar-refractivity contribution in [2.75, 3.05) is 26.2 Å². The fourth-order valence-corrected chi connectivity index (χ4v) is 1.76. The fraction of sp³-hybridized carbons (Fsp3) is 0.500. The number of rotatable bonds is 6. The Hall–Kier alpha value is -1.35. The van der Waals surface area contributed by atoms with Crippen molar-refractivity contribution in [3.63, 3.8) is 0 Å². The molecule has 1 aromatic rings. The third-order valence-electron chi connectivity index (χ3n) is 3.08. The normalized spacial score (nSPS) is 10.6. The summed E-state index contributed by atoms with van der Waals surface area (Å²) in [4.78, 5) is 13.3. The maximum Gasteiger partial charge on any atom is 0.251 e. The van der Waals surface area contributed by atoms with E-state index in [-0.39, 0.29) is 5.91 Å². The second-order valence-electron chi connectivity index (χ2n) is 4.33. The first-order valence-corrected chi connectivity index (χ1v) is 6.35. The quantitative estimate of drug-likeness (QED) is 0.746. The summed E-state index contributed by atoms with van der Waals surface area (Å²) in [6.45, 7) is 10.3. The van der Waals surface area contributed by atoms with Crippen LogP contribution in [0.5, 0.6) is 0 Å². The molecule has 1 aromatic carbocycles. The number of aryl methyl sites for hydroxylation is 1. The van der Waals surface area contributed by atoms with Gasteiger partial charge in [0.05, 0.1) is 26.2 Å². The highest BCUT2D eigenvalue weighted by Gasteiger charge is 2.06. The van der Waals surface area contributed by atoms with Crippen LogP contribution in [0, 0.1) is 6.92 Å². The second kappa shape index (κ2) is 7.07. The molecule has 0 saturated carbocycles. The smallest absolute Gasteiger partial charge is 0.251 e. The number of carbonyl (C=O) groups is 1. The number of nitrogens with one attached hydrogen (secondary N) is 2. The third kappa shape index (κ3) is 4.57. The predicted molar refractivity (Wildman–Crippen MR) is 70.4 cm³/mol. The van der Waals surface area contributed by atoms with Crippen molar-refractivity contribution >= 4 is 5.91 Å². The van der Waals surface area contributed by atoms with E-state index in [4.69, 9.17) is 0 Å². The molecule has 0 aliphatic carbocycles. The van der Waals surface area contributed by atoms with Crippen LogP contribution in [-0.4, -0.2) is 32.1 Å². The SMILES string of the molecule is CC[NH+](CC)CCNC(=O)c1ccc(C)cc1. The summed E-state index contributed by atoms with van der Waals surface area (Å²) < 4.78 is 0. The van der Waals surface area contributed by atoms with Crippen LogP contribution >= 0.6 is 0 Å². The fourth-order valence-electron chi connectivity index (χ4n) is 1.76. The molecule has 0 bridgehead atoms. The van der Waals surface area contributed by atoms with Gasteiger partial charge in [-0.15, -0.1) is 0 Å². The molecule has 0 heterocycles. The largest absolute Gasteiger partial charge is 0.346 e. The number of likely N-dealkylation sites (N-methyl/N-ethyl adjacent to an activating group) is 1. The van der Waals surface area contributed by atoms with Gasteiger partial charge in [0.2, 0.25) is 0 Å². The van der Waals surface area contributed by atoms with Gasteiger partial charge in [-0.2, -0.15) is 0 Å². The summed E-state index contributed by atoms with van der Waals surface area (Å²) in [5, 5.41) is 2.96. The van der Waals surface area contributed by atoms with E-state index in [2.05, 4.69) is 19.2 Å². The Morgan fingerprint density at radius 2 is 1.76 bits per heavy atom. The molecule has 0 aromatic heterocycles. The van der Waals surface area contributed by atoms with E-state index < -0.39 is 0 Å². The van der Waals surface area contributed by atoms with Crippen molar-refractivity contribution in [2.24, 2.45) is 0 Å². The molecule has 0 atom stereocenters. The zero-order valence-corrected chi connectivity index (χ0v) is 11.0. The summed E-state index contributed by atoms with van der Waals surface area (Å²) in [6.07, 6.45) is 0. The molecule has 3 heteroatoms. The van der Waals surface area contributed by atoms with Crippen LogP contribution in [0.15, 0.2) is 24.3 Å². The number of quaternary nitrogens is 1. The lowest BCUT2D eigenvalue weighted by atomic mass is 10.1. The van der Waals surface area contributed by atoms with E-state index in [9.17, 15) is 4.79 Å². The molecule has 1 amide bonds. The zero-order chi connectivity index (χ0) is 12.7. The number of carbonyl (C=O) groups excluding carboxylic acids is 1. The highest BCUT2D eigenvalue weighted by molar-refractivity contribution is 5.94. The lowest BCUT2D eigenvalue weighted by molar-refractivity contribution is -0.895. The van der Waals surface area contributed by atoms with Gasteiger partial charge in [-0.25, -0.2) is 0 Å². The van der Waals surface area contributed by atoms with Crippen molar-refractivity contribution in [2.45, 2.75) is 20.8 Å². The molecule has 94 valence electrons. The lowest BCUT2D eigenvalue weighted by Gasteiger charge is -2.15. The minimum Gasteiger partial charge on any atom is -0.346 e. The van der Waals surface area contributed by atoms with Gasteiger partial charge in [0.25, 0.3) is 5.91 Å². The molecule has 0 aliphatic rings. The van der Waals surface area contributed by atoms with Gasteiger partial charge in [0.15, 0.2) is 0 Å². The lowest BCUT2D eigenvalue weighted by Crippen LogP contribution is -3.12. The first-order valence-electron chi connectivity index (χ1n) is 6.35. The summed E-state index contributed by atoms with van der Waals surface area (Å²) in [6, 6.07) is 7.67. The summed E-state index contributed by atoms with van der Waals surface area (Å²) in [5.74, 6) is 0.0246. The molecule has 0 radical (unpaired) electrons. The first-order chi connectivity index (χ1) is 8.17. The molecule has 0 aliphatic heterocycles. The van der Waals surface area contributed by atoms with Crippen molar-refractivity contribution in [3.05, 3.63) is 35.4 Å². The average Bonchev–Trinajstić information content (AvgIpc) is 2.35. The Kier molecular flexibility index (Phi) is 5.70. The van der Waals surface area contributed by atoms with Crippen LogP contribution in [0.2, 0.25) is 0 Å². The van der Waals surface area contributed by atoms with E-state index in [1.54, 1.807) is 0 Å². The molecular formula is C14H23N2O+. The van der Waals surface area contributed by atoms with E-state index in [0.717, 1.165) is 31.7 Å². The Morgan fingerprint density at radius 1 is 1.18 bits per heavy atom. The van der Waals surface area contributed by atoms with Gasteiger partial charge in [-0.1, -0.05) is 17.7 Å². The Bertz CT molecular complexity index is 342. The standard InChI is InChI=1S/C14H22N2O/c1-4-16(5-2)11-10-15-14(17)13-8-6-12(3)7-9-13/h6-9H,4-5,10-11H2,1-3H3,(H,15,17)/p+1. The minimum absolute atomic E-state index is 0.0246. The van der Waals surface area contributed by atoms with E-state index >= 15 is 0 Å². The van der Waals surface area contributed by atoms with Gasteiger partial charge in [-0.3, -0.25) is 4.79 Å². The maximum absolute atomic E-state index is 11.8. The van der Waals surface area contributed by atoms with Crippen molar-refractivity contribution < 1.29 is 9.69 Å². The molecule has 0 unspecified atom stereocenters. The Balaban J connectivity index is 2.37. The van der Waals surface area contributed by atoms with Crippen molar-refractivity contribution in [3.8, 4) is 0 Å². The molecule has 17 heavy (non-hydrogen) atoms. The molecule has 0 spiro atoms. The first kappa shape index (κ1) is 13.7. The van der Waals surface area contributed by atoms with Crippen LogP contribution in [0.4, 0.5) is 0 Å². The Morgan fingerprint density at radius 3 is 2.29 bits per heavy atom.